The SMILES string of the molecule is Cc1cccc(NC(=O)NCC(=O)N2CCC(OCC(C)C)CC2)c1. The number of aryl methyl sites for hydroxylation is 1. The summed E-state index contributed by atoms with van der Waals surface area (Å²) in [5, 5.41) is 5.36. The van der Waals surface area contributed by atoms with Crippen LogP contribution in [-0.2, 0) is 9.53 Å². The molecule has 0 radical (unpaired) electrons. The Labute approximate surface area is 149 Å². The smallest absolute Gasteiger partial charge is 0.319 e. The summed E-state index contributed by atoms with van der Waals surface area (Å²) in [6.45, 7) is 8.36. The Morgan fingerprint density at radius 3 is 2.64 bits per heavy atom. The number of nitrogens with zero attached hydrogens (tertiary/aromatic N) is 1. The summed E-state index contributed by atoms with van der Waals surface area (Å²) < 4.78 is 5.83. The van der Waals surface area contributed by atoms with Gasteiger partial charge in [0.05, 0.1) is 12.6 Å². The highest BCUT2D eigenvalue weighted by Crippen LogP contribution is 2.15. The summed E-state index contributed by atoms with van der Waals surface area (Å²) in [6.07, 6.45) is 1.95. The third-order valence-electron chi connectivity index (χ3n) is 4.14. The van der Waals surface area contributed by atoms with E-state index >= 15 is 0 Å². The minimum atomic E-state index is -0.367. The van der Waals surface area contributed by atoms with Gasteiger partial charge in [-0.15, -0.1) is 0 Å². The van der Waals surface area contributed by atoms with E-state index in [0.29, 0.717) is 24.7 Å². The van der Waals surface area contributed by atoms with Gasteiger partial charge in [-0.2, -0.15) is 0 Å². The topological polar surface area (TPSA) is 70.7 Å². The van der Waals surface area contributed by atoms with Crippen molar-refractivity contribution in [1.82, 2.24) is 10.2 Å². The summed E-state index contributed by atoms with van der Waals surface area (Å²) in [5.41, 5.74) is 1.78. The molecule has 0 bridgehead atoms. The van der Waals surface area contributed by atoms with Gasteiger partial charge in [-0.25, -0.2) is 4.79 Å². The third kappa shape index (κ3) is 6.74. The van der Waals surface area contributed by atoms with E-state index < -0.39 is 0 Å². The normalized spacial score (nSPS) is 15.3. The van der Waals surface area contributed by atoms with Crippen molar-refractivity contribution in [1.29, 1.82) is 0 Å². The predicted molar refractivity (Wildman–Crippen MR) is 98.6 cm³/mol. The molecule has 138 valence electrons. The van der Waals surface area contributed by atoms with Gasteiger partial charge < -0.3 is 20.3 Å². The third-order valence-corrected chi connectivity index (χ3v) is 4.14. The second kappa shape index (κ2) is 9.42. The Morgan fingerprint density at radius 2 is 2.00 bits per heavy atom. The number of hydrogen-bond acceptors (Lipinski definition) is 3. The number of rotatable bonds is 6. The van der Waals surface area contributed by atoms with Gasteiger partial charge in [0.2, 0.25) is 5.91 Å². The number of hydrogen-bond donors (Lipinski definition) is 2. The maximum Gasteiger partial charge on any atom is 0.319 e. The van der Waals surface area contributed by atoms with Crippen LogP contribution in [0.3, 0.4) is 0 Å². The van der Waals surface area contributed by atoms with E-state index in [0.717, 1.165) is 25.0 Å². The van der Waals surface area contributed by atoms with Crippen LogP contribution in [0.2, 0.25) is 0 Å². The van der Waals surface area contributed by atoms with E-state index in [1.165, 1.54) is 0 Å². The molecule has 1 fully saturated rings. The minimum Gasteiger partial charge on any atom is -0.378 e. The maximum absolute atomic E-state index is 12.2. The molecule has 0 atom stereocenters. The lowest BCUT2D eigenvalue weighted by Gasteiger charge is -2.32. The number of benzene rings is 1. The first-order valence-corrected chi connectivity index (χ1v) is 8.95. The fraction of sp³-hybridized carbons (Fsp3) is 0.579. The van der Waals surface area contributed by atoms with Crippen LogP contribution in [0, 0.1) is 12.8 Å². The zero-order chi connectivity index (χ0) is 18.2. The molecule has 6 heteroatoms. The molecule has 0 saturated carbocycles. The second-order valence-corrected chi connectivity index (χ2v) is 6.98. The van der Waals surface area contributed by atoms with Gasteiger partial charge >= 0.3 is 6.03 Å². The number of nitrogens with one attached hydrogen (secondary N) is 2. The molecule has 1 saturated heterocycles. The highest BCUT2D eigenvalue weighted by atomic mass is 16.5. The van der Waals surface area contributed by atoms with Gasteiger partial charge in [0.1, 0.15) is 0 Å². The monoisotopic (exact) mass is 347 g/mol. The molecular weight excluding hydrogens is 318 g/mol. The highest BCUT2D eigenvalue weighted by Gasteiger charge is 2.23. The van der Waals surface area contributed by atoms with Crippen molar-refractivity contribution in [3.8, 4) is 0 Å². The molecule has 1 aliphatic rings. The number of anilines is 1. The molecule has 0 spiro atoms. The lowest BCUT2D eigenvalue weighted by Crippen LogP contribution is -2.46. The van der Waals surface area contributed by atoms with Crippen LogP contribution in [-0.4, -0.2) is 49.2 Å². The van der Waals surface area contributed by atoms with Crippen LogP contribution in [0.4, 0.5) is 10.5 Å². The Kier molecular flexibility index (Phi) is 7.25. The van der Waals surface area contributed by atoms with Gasteiger partial charge in [0, 0.05) is 25.4 Å². The molecule has 3 amide bonds. The molecule has 2 N–H and O–H groups in total. The van der Waals surface area contributed by atoms with Crippen molar-refractivity contribution >= 4 is 17.6 Å². The fourth-order valence-corrected chi connectivity index (χ4v) is 2.77. The highest BCUT2D eigenvalue weighted by molar-refractivity contribution is 5.92. The first kappa shape index (κ1) is 19.2. The van der Waals surface area contributed by atoms with Crippen molar-refractivity contribution in [3.05, 3.63) is 29.8 Å². The molecule has 6 nitrogen and oxygen atoms in total. The van der Waals surface area contributed by atoms with Crippen molar-refractivity contribution < 1.29 is 14.3 Å². The number of ether oxygens (including phenoxy) is 1. The molecule has 1 aromatic rings. The van der Waals surface area contributed by atoms with Gasteiger partial charge in [-0.05, 0) is 43.4 Å². The van der Waals surface area contributed by atoms with E-state index in [1.54, 1.807) is 4.90 Å². The standard InChI is InChI=1S/C19H29N3O3/c1-14(2)13-25-17-7-9-22(10-8-17)18(23)12-20-19(24)21-16-6-4-5-15(3)11-16/h4-6,11,14,17H,7-10,12-13H2,1-3H3,(H2,20,21,24). The quantitative estimate of drug-likeness (QED) is 0.831. The lowest BCUT2D eigenvalue weighted by atomic mass is 10.1. The minimum absolute atomic E-state index is 0.00909. The van der Waals surface area contributed by atoms with Crippen molar-refractivity contribution in [2.75, 3.05) is 31.6 Å². The average Bonchev–Trinajstić information content (AvgIpc) is 2.58. The number of carbonyl (C=O) groups excluding carboxylic acids is 2. The summed E-state index contributed by atoms with van der Waals surface area (Å²) >= 11 is 0. The van der Waals surface area contributed by atoms with Crippen LogP contribution in [0.15, 0.2) is 24.3 Å². The van der Waals surface area contributed by atoms with Crippen LogP contribution >= 0.6 is 0 Å². The molecule has 25 heavy (non-hydrogen) atoms. The molecule has 1 heterocycles. The predicted octanol–water partition coefficient (Wildman–Crippen LogP) is 2.78. The summed E-state index contributed by atoms with van der Waals surface area (Å²) in [5.74, 6) is 0.470. The number of urea groups is 1. The number of likely N-dealkylation sites (tertiary alicyclic amines) is 1. The molecule has 0 unspecified atom stereocenters. The first-order chi connectivity index (χ1) is 11.9. The van der Waals surface area contributed by atoms with Crippen molar-refractivity contribution in [2.45, 2.75) is 39.7 Å². The Morgan fingerprint density at radius 1 is 1.28 bits per heavy atom. The maximum atomic E-state index is 12.2. The average molecular weight is 347 g/mol. The Hall–Kier alpha value is -2.08. The summed E-state index contributed by atoms with van der Waals surface area (Å²) in [6, 6.07) is 7.16. The molecule has 1 aliphatic heterocycles. The Balaban J connectivity index is 1.67. The van der Waals surface area contributed by atoms with Crippen LogP contribution in [0.5, 0.6) is 0 Å². The number of amides is 3. The number of piperidine rings is 1. The Bertz CT molecular complexity index is 581. The summed E-state index contributed by atoms with van der Waals surface area (Å²) in [4.78, 5) is 25.9. The van der Waals surface area contributed by atoms with E-state index in [4.69, 9.17) is 4.74 Å². The molecular formula is C19H29N3O3. The van der Waals surface area contributed by atoms with Crippen molar-refractivity contribution in [2.24, 2.45) is 5.92 Å². The van der Waals surface area contributed by atoms with E-state index in [-0.39, 0.29) is 24.6 Å². The number of carbonyl (C=O) groups is 2. The van der Waals surface area contributed by atoms with Crippen molar-refractivity contribution in [3.63, 3.8) is 0 Å². The molecule has 0 aliphatic carbocycles. The fourth-order valence-electron chi connectivity index (χ4n) is 2.77. The molecule has 2 rings (SSSR count). The zero-order valence-electron chi connectivity index (χ0n) is 15.4. The zero-order valence-corrected chi connectivity index (χ0v) is 15.4. The van der Waals surface area contributed by atoms with E-state index in [2.05, 4.69) is 24.5 Å². The van der Waals surface area contributed by atoms with Crippen LogP contribution in [0.25, 0.3) is 0 Å². The van der Waals surface area contributed by atoms with Gasteiger partial charge in [-0.1, -0.05) is 26.0 Å². The van der Waals surface area contributed by atoms with Gasteiger partial charge in [-0.3, -0.25) is 4.79 Å². The molecule has 0 aromatic heterocycles. The second-order valence-electron chi connectivity index (χ2n) is 6.98. The largest absolute Gasteiger partial charge is 0.378 e. The van der Waals surface area contributed by atoms with Gasteiger partial charge in [0.15, 0.2) is 0 Å². The van der Waals surface area contributed by atoms with Crippen LogP contribution in [0.1, 0.15) is 32.3 Å². The van der Waals surface area contributed by atoms with Crippen LogP contribution < -0.4 is 10.6 Å². The van der Waals surface area contributed by atoms with Gasteiger partial charge in [0.25, 0.3) is 0 Å². The lowest BCUT2D eigenvalue weighted by molar-refractivity contribution is -0.132. The molecule has 1 aromatic carbocycles. The summed E-state index contributed by atoms with van der Waals surface area (Å²) in [7, 11) is 0. The van der Waals surface area contributed by atoms with E-state index in [9.17, 15) is 9.59 Å². The first-order valence-electron chi connectivity index (χ1n) is 8.95. The van der Waals surface area contributed by atoms with E-state index in [1.807, 2.05) is 31.2 Å².